The van der Waals surface area contributed by atoms with Crippen LogP contribution in [0.2, 0.25) is 0 Å². The zero-order chi connectivity index (χ0) is 14.7. The Labute approximate surface area is 116 Å². The standard InChI is InChI=1S/C13H15N5O2/c1-16(2)8-7-15-13-12(9-14)17(19)10-5-3-4-6-11(10)18(13)20/h3-6,15H,7-8H2,1-2H3. The van der Waals surface area contributed by atoms with Gasteiger partial charge >= 0.3 is 11.5 Å². The Morgan fingerprint density at radius 1 is 1.20 bits per heavy atom. The van der Waals surface area contributed by atoms with Crippen LogP contribution in [0.3, 0.4) is 0 Å². The molecule has 0 aliphatic carbocycles. The number of likely N-dealkylation sites (N-methyl/N-ethyl adjacent to an activating group) is 1. The Morgan fingerprint density at radius 3 is 2.35 bits per heavy atom. The summed E-state index contributed by atoms with van der Waals surface area (Å²) in [6, 6.07) is 8.18. The van der Waals surface area contributed by atoms with E-state index in [4.69, 9.17) is 5.26 Å². The lowest BCUT2D eigenvalue weighted by molar-refractivity contribution is -0.620. The van der Waals surface area contributed by atoms with Crippen LogP contribution in [-0.2, 0) is 0 Å². The lowest BCUT2D eigenvalue weighted by Gasteiger charge is -2.14. The molecule has 0 atom stereocenters. The number of nitrogens with zero attached hydrogens (tertiary/aromatic N) is 4. The van der Waals surface area contributed by atoms with Crippen molar-refractivity contribution in [2.75, 3.05) is 32.5 Å². The Balaban J connectivity index is 2.52. The summed E-state index contributed by atoms with van der Waals surface area (Å²) in [5.41, 5.74) is 0.184. The van der Waals surface area contributed by atoms with E-state index < -0.39 is 0 Å². The van der Waals surface area contributed by atoms with E-state index in [0.717, 1.165) is 0 Å². The van der Waals surface area contributed by atoms with Crippen LogP contribution in [0.1, 0.15) is 5.69 Å². The molecule has 2 rings (SSSR count). The minimum atomic E-state index is -0.225. The second kappa shape index (κ2) is 5.59. The van der Waals surface area contributed by atoms with E-state index in [-0.39, 0.29) is 22.5 Å². The van der Waals surface area contributed by atoms with Gasteiger partial charge in [-0.3, -0.25) is 5.32 Å². The molecule has 1 N–H and O–H groups in total. The Hall–Kier alpha value is -2.59. The van der Waals surface area contributed by atoms with Gasteiger partial charge in [0.05, 0.1) is 6.54 Å². The summed E-state index contributed by atoms with van der Waals surface area (Å²) >= 11 is 0. The van der Waals surface area contributed by atoms with E-state index in [9.17, 15) is 10.4 Å². The Kier molecular flexibility index (Phi) is 3.86. The van der Waals surface area contributed by atoms with E-state index in [1.165, 1.54) is 6.07 Å². The summed E-state index contributed by atoms with van der Waals surface area (Å²) < 4.78 is 1.08. The molecule has 0 aliphatic heterocycles. The monoisotopic (exact) mass is 273 g/mol. The van der Waals surface area contributed by atoms with E-state index >= 15 is 0 Å². The first kappa shape index (κ1) is 13.8. The van der Waals surface area contributed by atoms with Crippen molar-refractivity contribution in [3.8, 4) is 6.07 Å². The number of hydrogen-bond donors (Lipinski definition) is 1. The molecule has 1 aromatic carbocycles. The molecule has 0 aliphatic rings. The summed E-state index contributed by atoms with van der Waals surface area (Å²) in [5.74, 6) is -0.0111. The van der Waals surface area contributed by atoms with Gasteiger partial charge in [0.25, 0.3) is 5.52 Å². The predicted octanol–water partition coefficient (Wildman–Crippen LogP) is -0.0482. The van der Waals surface area contributed by atoms with Crippen molar-refractivity contribution >= 4 is 16.9 Å². The Morgan fingerprint density at radius 2 is 1.80 bits per heavy atom. The van der Waals surface area contributed by atoms with E-state index in [1.807, 2.05) is 19.0 Å². The molecule has 0 fully saturated rings. The lowest BCUT2D eigenvalue weighted by Crippen LogP contribution is -2.44. The van der Waals surface area contributed by atoms with Gasteiger partial charge in [-0.25, -0.2) is 4.73 Å². The van der Waals surface area contributed by atoms with Gasteiger partial charge in [0.2, 0.25) is 5.52 Å². The maximum atomic E-state index is 12.3. The first-order valence-electron chi connectivity index (χ1n) is 6.12. The molecule has 0 amide bonds. The highest BCUT2D eigenvalue weighted by Gasteiger charge is 2.25. The molecule has 7 nitrogen and oxygen atoms in total. The van der Waals surface area contributed by atoms with Crippen LogP contribution >= 0.6 is 0 Å². The minimum Gasteiger partial charge on any atom is -0.710 e. The average molecular weight is 273 g/mol. The van der Waals surface area contributed by atoms with Gasteiger partial charge in [-0.1, -0.05) is 12.1 Å². The molecule has 0 saturated carbocycles. The summed E-state index contributed by atoms with van der Waals surface area (Å²) in [6.07, 6.45) is 0. The number of rotatable bonds is 4. The molecule has 2 aromatic rings. The van der Waals surface area contributed by atoms with Crippen LogP contribution in [0.5, 0.6) is 0 Å². The zero-order valence-corrected chi connectivity index (χ0v) is 11.3. The van der Waals surface area contributed by atoms with Crippen LogP contribution in [-0.4, -0.2) is 32.1 Å². The molecule has 104 valence electrons. The third-order valence-electron chi connectivity index (χ3n) is 2.91. The van der Waals surface area contributed by atoms with Gasteiger partial charge in [-0.2, -0.15) is 5.26 Å². The molecule has 0 spiro atoms. The van der Waals surface area contributed by atoms with Gasteiger partial charge in [0, 0.05) is 12.6 Å². The van der Waals surface area contributed by atoms with Crippen molar-refractivity contribution in [2.45, 2.75) is 0 Å². The fraction of sp³-hybridized carbons (Fsp3) is 0.308. The number of para-hydroxylation sites is 2. The predicted molar refractivity (Wildman–Crippen MR) is 73.6 cm³/mol. The highest BCUT2D eigenvalue weighted by atomic mass is 16.5. The summed E-state index contributed by atoms with van der Waals surface area (Å²) in [4.78, 5) is 1.93. The topological polar surface area (TPSA) is 92.9 Å². The van der Waals surface area contributed by atoms with Crippen LogP contribution in [0.25, 0.3) is 11.0 Å². The maximum absolute atomic E-state index is 12.3. The molecule has 0 saturated heterocycles. The van der Waals surface area contributed by atoms with Crippen LogP contribution < -0.4 is 14.8 Å². The Bertz CT molecular complexity index is 678. The third kappa shape index (κ3) is 2.41. The number of anilines is 1. The maximum Gasteiger partial charge on any atom is 0.385 e. The highest BCUT2D eigenvalue weighted by Crippen LogP contribution is 2.11. The van der Waals surface area contributed by atoms with Crippen molar-refractivity contribution in [3.63, 3.8) is 0 Å². The van der Waals surface area contributed by atoms with Crippen LogP contribution in [0, 0.1) is 21.7 Å². The summed E-state index contributed by atoms with van der Waals surface area (Å²) in [7, 11) is 3.79. The SMILES string of the molecule is CN(C)CCNc1c(C#N)[n+]([O-])c2ccccc2[n+]1[O-]. The molecule has 7 heteroatoms. The molecule has 0 bridgehead atoms. The number of nitriles is 1. The molecule has 1 aromatic heterocycles. The van der Waals surface area contributed by atoms with Gasteiger partial charge < -0.3 is 15.3 Å². The fourth-order valence-corrected chi connectivity index (χ4v) is 1.89. The summed E-state index contributed by atoms with van der Waals surface area (Å²) in [6.45, 7) is 1.14. The number of hydrogen-bond acceptors (Lipinski definition) is 5. The average Bonchev–Trinajstić information content (AvgIpc) is 2.44. The molecule has 20 heavy (non-hydrogen) atoms. The molecule has 1 heterocycles. The number of benzene rings is 1. The first-order valence-corrected chi connectivity index (χ1v) is 6.12. The van der Waals surface area contributed by atoms with Gasteiger partial charge in [0.1, 0.15) is 0 Å². The minimum absolute atomic E-state index is 0.0111. The molecular weight excluding hydrogens is 258 g/mol. The van der Waals surface area contributed by atoms with Crippen LogP contribution in [0.4, 0.5) is 5.82 Å². The zero-order valence-electron chi connectivity index (χ0n) is 11.3. The highest BCUT2D eigenvalue weighted by molar-refractivity contribution is 5.69. The number of fused-ring (bicyclic) bond motifs is 1. The smallest absolute Gasteiger partial charge is 0.385 e. The van der Waals surface area contributed by atoms with Gasteiger partial charge in [-0.05, 0) is 20.2 Å². The molecule has 0 radical (unpaired) electrons. The second-order valence-corrected chi connectivity index (χ2v) is 4.62. The number of aromatic nitrogens is 2. The van der Waals surface area contributed by atoms with E-state index in [0.29, 0.717) is 22.6 Å². The quantitative estimate of drug-likeness (QED) is 0.623. The van der Waals surface area contributed by atoms with Gasteiger partial charge in [-0.15, -0.1) is 4.73 Å². The second-order valence-electron chi connectivity index (χ2n) is 4.62. The van der Waals surface area contributed by atoms with Gasteiger partial charge in [0.15, 0.2) is 6.07 Å². The van der Waals surface area contributed by atoms with Crippen molar-refractivity contribution in [3.05, 3.63) is 40.4 Å². The van der Waals surface area contributed by atoms with Crippen molar-refractivity contribution in [2.24, 2.45) is 0 Å². The lowest BCUT2D eigenvalue weighted by atomic mass is 10.3. The van der Waals surface area contributed by atoms with Crippen molar-refractivity contribution < 1.29 is 9.46 Å². The van der Waals surface area contributed by atoms with Crippen LogP contribution in [0.15, 0.2) is 24.3 Å². The number of nitrogens with one attached hydrogen (secondary N) is 1. The summed E-state index contributed by atoms with van der Waals surface area (Å²) in [5, 5.41) is 36.4. The van der Waals surface area contributed by atoms with Crippen molar-refractivity contribution in [1.82, 2.24) is 4.90 Å². The van der Waals surface area contributed by atoms with E-state index in [1.54, 1.807) is 24.3 Å². The normalized spacial score (nSPS) is 10.7. The van der Waals surface area contributed by atoms with Crippen molar-refractivity contribution in [1.29, 1.82) is 5.26 Å². The van der Waals surface area contributed by atoms with E-state index in [2.05, 4.69) is 5.32 Å². The first-order chi connectivity index (χ1) is 9.56. The third-order valence-corrected chi connectivity index (χ3v) is 2.91. The molecular formula is C13H15N5O2. The fourth-order valence-electron chi connectivity index (χ4n) is 1.89. The largest absolute Gasteiger partial charge is 0.710 e. The molecule has 0 unspecified atom stereocenters.